The van der Waals surface area contributed by atoms with Gasteiger partial charge in [0.1, 0.15) is 6.04 Å². The second-order valence-electron chi connectivity index (χ2n) is 5.35. The van der Waals surface area contributed by atoms with E-state index in [0.717, 1.165) is 0 Å². The van der Waals surface area contributed by atoms with Crippen molar-refractivity contribution < 1.29 is 19.4 Å². The number of amides is 1. The molecule has 0 bridgehead atoms. The van der Waals surface area contributed by atoms with Crippen molar-refractivity contribution in [1.82, 2.24) is 10.2 Å². The second kappa shape index (κ2) is 7.45. The van der Waals surface area contributed by atoms with Crippen LogP contribution in [0.3, 0.4) is 0 Å². The van der Waals surface area contributed by atoms with Gasteiger partial charge in [-0.25, -0.2) is 4.79 Å². The number of carboxylic acids is 1. The minimum absolute atomic E-state index is 0.222. The average Bonchev–Trinajstić information content (AvgIpc) is 2.37. The third kappa shape index (κ3) is 5.16. The summed E-state index contributed by atoms with van der Waals surface area (Å²) >= 11 is 0. The highest BCUT2D eigenvalue weighted by molar-refractivity contribution is 5.86. The Morgan fingerprint density at radius 3 is 2.32 bits per heavy atom. The van der Waals surface area contributed by atoms with Crippen LogP contribution in [0.4, 0.5) is 0 Å². The first-order valence-corrected chi connectivity index (χ1v) is 6.76. The summed E-state index contributed by atoms with van der Waals surface area (Å²) in [6.07, 6.45) is 0.441. The second-order valence-corrected chi connectivity index (χ2v) is 5.35. The molecule has 0 aromatic rings. The number of rotatable bonds is 6. The number of carbonyl (C=O) groups is 2. The molecule has 1 fully saturated rings. The fourth-order valence-corrected chi connectivity index (χ4v) is 2.12. The Labute approximate surface area is 114 Å². The van der Waals surface area contributed by atoms with Crippen LogP contribution in [0.2, 0.25) is 0 Å². The van der Waals surface area contributed by atoms with Gasteiger partial charge in [-0.05, 0) is 19.3 Å². The Morgan fingerprint density at radius 2 is 1.84 bits per heavy atom. The molecule has 1 aliphatic rings. The van der Waals surface area contributed by atoms with Gasteiger partial charge in [0.05, 0.1) is 19.3 Å². The lowest BCUT2D eigenvalue weighted by Gasteiger charge is -2.32. The van der Waals surface area contributed by atoms with Gasteiger partial charge in [0.15, 0.2) is 0 Å². The molecule has 1 rings (SSSR count). The normalized spacial score (nSPS) is 20.0. The third-order valence-electron chi connectivity index (χ3n) is 3.29. The summed E-state index contributed by atoms with van der Waals surface area (Å²) < 4.78 is 5.23. The SMILES string of the molecule is CC(C)CC(NC(=O)C(C)N1CCOCC1)C(=O)O. The van der Waals surface area contributed by atoms with E-state index in [0.29, 0.717) is 32.7 Å². The summed E-state index contributed by atoms with van der Waals surface area (Å²) in [7, 11) is 0. The van der Waals surface area contributed by atoms with Crippen LogP contribution < -0.4 is 5.32 Å². The topological polar surface area (TPSA) is 78.9 Å². The molecule has 1 heterocycles. The molecule has 1 saturated heterocycles. The van der Waals surface area contributed by atoms with Crippen LogP contribution in [0, 0.1) is 5.92 Å². The molecule has 2 atom stereocenters. The predicted octanol–water partition coefficient (Wildman–Crippen LogP) is 0.323. The molecule has 0 radical (unpaired) electrons. The van der Waals surface area contributed by atoms with Crippen LogP contribution in [0.1, 0.15) is 27.2 Å². The van der Waals surface area contributed by atoms with Crippen molar-refractivity contribution in [2.24, 2.45) is 5.92 Å². The lowest BCUT2D eigenvalue weighted by molar-refractivity contribution is -0.143. The monoisotopic (exact) mass is 272 g/mol. The van der Waals surface area contributed by atoms with Crippen molar-refractivity contribution in [1.29, 1.82) is 0 Å². The van der Waals surface area contributed by atoms with Crippen LogP contribution in [0.5, 0.6) is 0 Å². The standard InChI is InChI=1S/C13H24N2O4/c1-9(2)8-11(13(17)18)14-12(16)10(3)15-4-6-19-7-5-15/h9-11H,4-8H2,1-3H3,(H,14,16)(H,17,18). The van der Waals surface area contributed by atoms with E-state index in [9.17, 15) is 9.59 Å². The molecule has 1 aliphatic heterocycles. The Kier molecular flexibility index (Phi) is 6.24. The van der Waals surface area contributed by atoms with Crippen molar-refractivity contribution in [2.45, 2.75) is 39.3 Å². The molecule has 6 heteroatoms. The molecule has 2 N–H and O–H groups in total. The van der Waals surface area contributed by atoms with Gasteiger partial charge < -0.3 is 15.2 Å². The number of hydrogen-bond acceptors (Lipinski definition) is 4. The molecule has 0 spiro atoms. The van der Waals surface area contributed by atoms with Gasteiger partial charge >= 0.3 is 5.97 Å². The zero-order chi connectivity index (χ0) is 14.4. The highest BCUT2D eigenvalue weighted by Gasteiger charge is 2.27. The fourth-order valence-electron chi connectivity index (χ4n) is 2.12. The zero-order valence-electron chi connectivity index (χ0n) is 11.9. The largest absolute Gasteiger partial charge is 0.480 e. The van der Waals surface area contributed by atoms with E-state index in [1.165, 1.54) is 0 Å². The van der Waals surface area contributed by atoms with Gasteiger partial charge in [0.2, 0.25) is 5.91 Å². The molecular weight excluding hydrogens is 248 g/mol. The summed E-state index contributed by atoms with van der Waals surface area (Å²) in [4.78, 5) is 25.2. The third-order valence-corrected chi connectivity index (χ3v) is 3.29. The van der Waals surface area contributed by atoms with Gasteiger partial charge in [-0.1, -0.05) is 13.8 Å². The first-order valence-electron chi connectivity index (χ1n) is 6.76. The van der Waals surface area contributed by atoms with Crippen LogP contribution in [-0.2, 0) is 14.3 Å². The Balaban J connectivity index is 2.52. The number of nitrogens with zero attached hydrogens (tertiary/aromatic N) is 1. The fraction of sp³-hybridized carbons (Fsp3) is 0.846. The minimum atomic E-state index is -0.976. The Morgan fingerprint density at radius 1 is 1.26 bits per heavy atom. The summed E-state index contributed by atoms with van der Waals surface area (Å²) in [6.45, 7) is 8.32. The van der Waals surface area contributed by atoms with E-state index in [1.807, 2.05) is 18.7 Å². The number of morpholine rings is 1. The van der Waals surface area contributed by atoms with Gasteiger partial charge in [-0.2, -0.15) is 0 Å². The molecule has 19 heavy (non-hydrogen) atoms. The van der Waals surface area contributed by atoms with E-state index in [4.69, 9.17) is 9.84 Å². The summed E-state index contributed by atoms with van der Waals surface area (Å²) in [5, 5.41) is 11.7. The summed E-state index contributed by atoms with van der Waals surface area (Å²) in [5.74, 6) is -0.980. The predicted molar refractivity (Wildman–Crippen MR) is 70.9 cm³/mol. The maximum Gasteiger partial charge on any atom is 0.326 e. The zero-order valence-corrected chi connectivity index (χ0v) is 11.9. The van der Waals surface area contributed by atoms with E-state index in [1.54, 1.807) is 6.92 Å². The number of ether oxygens (including phenoxy) is 1. The van der Waals surface area contributed by atoms with Gasteiger partial charge in [-0.3, -0.25) is 9.69 Å². The smallest absolute Gasteiger partial charge is 0.326 e. The first-order chi connectivity index (χ1) is 8.91. The summed E-state index contributed by atoms with van der Waals surface area (Å²) in [5.41, 5.74) is 0. The molecular formula is C13H24N2O4. The van der Waals surface area contributed by atoms with Crippen LogP contribution in [0.25, 0.3) is 0 Å². The van der Waals surface area contributed by atoms with E-state index < -0.39 is 12.0 Å². The number of aliphatic carboxylic acids is 1. The van der Waals surface area contributed by atoms with Crippen molar-refractivity contribution in [3.63, 3.8) is 0 Å². The van der Waals surface area contributed by atoms with E-state index in [-0.39, 0.29) is 17.9 Å². The van der Waals surface area contributed by atoms with E-state index >= 15 is 0 Å². The van der Waals surface area contributed by atoms with Crippen molar-refractivity contribution in [2.75, 3.05) is 26.3 Å². The van der Waals surface area contributed by atoms with Crippen LogP contribution in [-0.4, -0.2) is 60.3 Å². The average molecular weight is 272 g/mol. The Bertz CT molecular complexity index is 314. The molecule has 0 aromatic carbocycles. The number of carbonyl (C=O) groups excluding carboxylic acids is 1. The molecule has 0 aromatic heterocycles. The van der Waals surface area contributed by atoms with E-state index in [2.05, 4.69) is 5.32 Å². The molecule has 1 amide bonds. The maximum absolute atomic E-state index is 12.1. The van der Waals surface area contributed by atoms with Gasteiger partial charge in [0.25, 0.3) is 0 Å². The number of carboxylic acid groups (broad SMARTS) is 1. The quantitative estimate of drug-likeness (QED) is 0.728. The first kappa shape index (κ1) is 15.9. The Hall–Kier alpha value is -1.14. The highest BCUT2D eigenvalue weighted by Crippen LogP contribution is 2.08. The number of hydrogen-bond donors (Lipinski definition) is 2. The molecule has 0 saturated carbocycles. The maximum atomic E-state index is 12.1. The molecule has 110 valence electrons. The highest BCUT2D eigenvalue weighted by atomic mass is 16.5. The van der Waals surface area contributed by atoms with Gasteiger partial charge in [0, 0.05) is 13.1 Å². The van der Waals surface area contributed by atoms with Crippen LogP contribution >= 0.6 is 0 Å². The molecule has 0 aliphatic carbocycles. The lowest BCUT2D eigenvalue weighted by atomic mass is 10.0. The van der Waals surface area contributed by atoms with Crippen LogP contribution in [0.15, 0.2) is 0 Å². The van der Waals surface area contributed by atoms with Crippen molar-refractivity contribution in [3.05, 3.63) is 0 Å². The van der Waals surface area contributed by atoms with Crippen molar-refractivity contribution in [3.8, 4) is 0 Å². The summed E-state index contributed by atoms with van der Waals surface area (Å²) in [6, 6.07) is -1.13. The molecule has 2 unspecified atom stereocenters. The molecule has 6 nitrogen and oxygen atoms in total. The van der Waals surface area contributed by atoms with Crippen molar-refractivity contribution >= 4 is 11.9 Å². The lowest BCUT2D eigenvalue weighted by Crippen LogP contribution is -2.53. The number of nitrogens with one attached hydrogen (secondary N) is 1. The minimum Gasteiger partial charge on any atom is -0.480 e. The van der Waals surface area contributed by atoms with Gasteiger partial charge in [-0.15, -0.1) is 0 Å².